The fourth-order valence-corrected chi connectivity index (χ4v) is 8.63. The monoisotopic (exact) mass is 641 g/mol. The number of hydrogen-bond acceptors (Lipinski definition) is 4. The molecule has 0 amide bonds. The zero-order chi connectivity index (χ0) is 32.3. The first kappa shape index (κ1) is 27.8. The Morgan fingerprint density at radius 2 is 0.837 bits per heavy atom. The van der Waals surface area contributed by atoms with Gasteiger partial charge >= 0.3 is 0 Å². The predicted molar refractivity (Wildman–Crippen MR) is 204 cm³/mol. The van der Waals surface area contributed by atoms with Crippen molar-refractivity contribution < 1.29 is 0 Å². The van der Waals surface area contributed by atoms with E-state index in [-0.39, 0.29) is 0 Å². The highest BCUT2D eigenvalue weighted by molar-refractivity contribution is 7.26. The SMILES string of the molecule is c1ccc(-c2ccccc2-c2nccc3c2sc2ccccc23)c(-c2ccc3c(n2)-c2ccccc2-c2cccnc2-c2ccccc2-3)c1. The van der Waals surface area contributed by atoms with Crippen molar-refractivity contribution in [1.82, 2.24) is 15.0 Å². The molecular formula is C45H27N3S. The molecule has 0 atom stereocenters. The third-order valence-electron chi connectivity index (χ3n) is 9.62. The number of fused-ring (bicyclic) bond motifs is 11. The third kappa shape index (κ3) is 4.38. The molecule has 49 heavy (non-hydrogen) atoms. The topological polar surface area (TPSA) is 38.7 Å². The normalized spacial score (nSPS) is 11.7. The van der Waals surface area contributed by atoms with Gasteiger partial charge in [-0.1, -0.05) is 121 Å². The molecule has 0 unspecified atom stereocenters. The summed E-state index contributed by atoms with van der Waals surface area (Å²) in [5.41, 5.74) is 15.0. The van der Waals surface area contributed by atoms with Crippen LogP contribution in [0.5, 0.6) is 0 Å². The van der Waals surface area contributed by atoms with Crippen LogP contribution in [-0.2, 0) is 0 Å². The lowest BCUT2D eigenvalue weighted by Crippen LogP contribution is -2.01. The minimum atomic E-state index is 0.927. The Hall–Kier alpha value is -6.23. The van der Waals surface area contributed by atoms with Gasteiger partial charge in [0.05, 0.1) is 27.5 Å². The van der Waals surface area contributed by atoms with Gasteiger partial charge in [0.15, 0.2) is 0 Å². The fraction of sp³-hybridized carbons (Fsp3) is 0. The van der Waals surface area contributed by atoms with E-state index in [1.807, 2.05) is 29.8 Å². The van der Waals surface area contributed by atoms with E-state index in [2.05, 4.69) is 146 Å². The van der Waals surface area contributed by atoms with Crippen molar-refractivity contribution >= 4 is 31.5 Å². The maximum atomic E-state index is 5.53. The van der Waals surface area contributed by atoms with Crippen LogP contribution in [0.15, 0.2) is 164 Å². The van der Waals surface area contributed by atoms with Gasteiger partial charge in [-0.25, -0.2) is 4.98 Å². The number of nitrogens with zero attached hydrogens (tertiary/aromatic N) is 3. The third-order valence-corrected chi connectivity index (χ3v) is 10.8. The molecule has 0 saturated carbocycles. The summed E-state index contributed by atoms with van der Waals surface area (Å²) < 4.78 is 2.48. The second-order valence-corrected chi connectivity index (χ2v) is 13.4. The van der Waals surface area contributed by atoms with Crippen LogP contribution in [0.4, 0.5) is 0 Å². The summed E-state index contributed by atoms with van der Waals surface area (Å²) in [5, 5.41) is 2.52. The van der Waals surface area contributed by atoms with Gasteiger partial charge in [-0.3, -0.25) is 9.97 Å². The van der Waals surface area contributed by atoms with Crippen molar-refractivity contribution in [1.29, 1.82) is 0 Å². The van der Waals surface area contributed by atoms with Crippen molar-refractivity contribution in [3.05, 3.63) is 164 Å². The van der Waals surface area contributed by atoms with Crippen molar-refractivity contribution in [2.75, 3.05) is 0 Å². The van der Waals surface area contributed by atoms with E-state index in [0.717, 1.165) is 78.4 Å². The summed E-state index contributed by atoms with van der Waals surface area (Å²) in [6.45, 7) is 0. The molecule has 0 bridgehead atoms. The van der Waals surface area contributed by atoms with Crippen molar-refractivity contribution in [3.63, 3.8) is 0 Å². The van der Waals surface area contributed by atoms with Crippen LogP contribution in [0.1, 0.15) is 0 Å². The Kier molecular flexibility index (Phi) is 6.36. The van der Waals surface area contributed by atoms with E-state index in [0.29, 0.717) is 0 Å². The molecule has 4 heterocycles. The van der Waals surface area contributed by atoms with E-state index >= 15 is 0 Å². The Morgan fingerprint density at radius 1 is 0.327 bits per heavy atom. The van der Waals surface area contributed by atoms with Crippen LogP contribution in [0.25, 0.3) is 98.6 Å². The zero-order valence-corrected chi connectivity index (χ0v) is 27.2. The van der Waals surface area contributed by atoms with Gasteiger partial charge in [0.2, 0.25) is 0 Å². The summed E-state index contributed by atoms with van der Waals surface area (Å²) in [6, 6.07) is 53.8. The highest BCUT2D eigenvalue weighted by Gasteiger charge is 2.24. The smallest absolute Gasteiger partial charge is 0.0886 e. The van der Waals surface area contributed by atoms with Gasteiger partial charge in [-0.05, 0) is 52.6 Å². The van der Waals surface area contributed by atoms with E-state index in [9.17, 15) is 0 Å². The average molecular weight is 642 g/mol. The molecule has 0 radical (unpaired) electrons. The molecule has 4 heteroatoms. The number of hydrogen-bond donors (Lipinski definition) is 0. The molecule has 0 aliphatic heterocycles. The Labute approximate surface area is 287 Å². The van der Waals surface area contributed by atoms with Crippen LogP contribution in [0.2, 0.25) is 0 Å². The molecule has 10 rings (SSSR count). The zero-order valence-electron chi connectivity index (χ0n) is 26.3. The van der Waals surface area contributed by atoms with Gasteiger partial charge in [-0.15, -0.1) is 11.3 Å². The molecule has 228 valence electrons. The van der Waals surface area contributed by atoms with Crippen LogP contribution in [-0.4, -0.2) is 15.0 Å². The minimum absolute atomic E-state index is 0.927. The number of thiophene rings is 1. The number of rotatable bonds is 3. The van der Waals surface area contributed by atoms with Crippen molar-refractivity contribution in [2.24, 2.45) is 0 Å². The molecule has 5 aromatic carbocycles. The highest BCUT2D eigenvalue weighted by Crippen LogP contribution is 2.48. The number of aromatic nitrogens is 3. The maximum absolute atomic E-state index is 5.53. The van der Waals surface area contributed by atoms with E-state index in [4.69, 9.17) is 15.0 Å². The molecule has 0 spiro atoms. The van der Waals surface area contributed by atoms with E-state index < -0.39 is 0 Å². The summed E-state index contributed by atoms with van der Waals surface area (Å²) >= 11 is 1.81. The lowest BCUT2D eigenvalue weighted by Gasteiger charge is -2.22. The first-order valence-corrected chi connectivity index (χ1v) is 17.3. The Morgan fingerprint density at radius 3 is 1.57 bits per heavy atom. The van der Waals surface area contributed by atoms with E-state index in [1.165, 1.54) is 20.2 Å². The average Bonchev–Trinajstić information content (AvgIpc) is 3.56. The van der Waals surface area contributed by atoms with Gasteiger partial charge in [0.25, 0.3) is 0 Å². The molecule has 0 fully saturated rings. The first-order valence-electron chi connectivity index (χ1n) is 16.4. The highest BCUT2D eigenvalue weighted by atomic mass is 32.1. The Balaban J connectivity index is 1.19. The van der Waals surface area contributed by atoms with E-state index in [1.54, 1.807) is 0 Å². The Bertz CT molecular complexity index is 2730. The fourth-order valence-electron chi connectivity index (χ4n) is 7.43. The summed E-state index contributed by atoms with van der Waals surface area (Å²) in [5.74, 6) is 0. The lowest BCUT2D eigenvalue weighted by atomic mass is 9.84. The number of pyridine rings is 3. The number of benzene rings is 5. The predicted octanol–water partition coefficient (Wildman–Crippen LogP) is 12.2. The van der Waals surface area contributed by atoms with Gasteiger partial charge in [0, 0.05) is 61.2 Å². The minimum Gasteiger partial charge on any atom is -0.256 e. The second kappa shape index (κ2) is 11.2. The van der Waals surface area contributed by atoms with Crippen LogP contribution in [0, 0.1) is 0 Å². The quantitative estimate of drug-likeness (QED) is 0.193. The molecule has 1 aliphatic carbocycles. The molecule has 4 aromatic heterocycles. The lowest BCUT2D eigenvalue weighted by molar-refractivity contribution is 1.29. The molecule has 0 N–H and O–H groups in total. The van der Waals surface area contributed by atoms with Gasteiger partial charge in [-0.2, -0.15) is 0 Å². The molecule has 3 nitrogen and oxygen atoms in total. The molecule has 0 saturated heterocycles. The largest absolute Gasteiger partial charge is 0.256 e. The van der Waals surface area contributed by atoms with Gasteiger partial charge in [0.1, 0.15) is 0 Å². The van der Waals surface area contributed by atoms with Crippen LogP contribution < -0.4 is 0 Å². The summed E-state index contributed by atoms with van der Waals surface area (Å²) in [4.78, 5) is 15.4. The van der Waals surface area contributed by atoms with Crippen molar-refractivity contribution in [3.8, 4) is 78.4 Å². The summed E-state index contributed by atoms with van der Waals surface area (Å²) in [7, 11) is 0. The molecule has 1 aliphatic rings. The van der Waals surface area contributed by atoms with Crippen LogP contribution >= 0.6 is 11.3 Å². The molecule has 9 aromatic rings. The standard InChI is InChI=1S/C45H27N3S/c1-5-16-32(28(12-1)29-13-2-8-20-37(29)44-45-39(25-27-47-44)33-17-9-10-22-41(33)49-45)40-24-23-38-31-15-3-6-18-34(31)42-35(21-11-26-46-42)30-14-4-7-19-36(30)43(38)48-40/h1-27H. The second-order valence-electron chi connectivity index (χ2n) is 12.3. The summed E-state index contributed by atoms with van der Waals surface area (Å²) in [6.07, 6.45) is 3.83. The molecular weight excluding hydrogens is 615 g/mol. The van der Waals surface area contributed by atoms with Crippen LogP contribution in [0.3, 0.4) is 0 Å². The maximum Gasteiger partial charge on any atom is 0.0886 e. The first-order chi connectivity index (χ1) is 24.3. The van der Waals surface area contributed by atoms with Gasteiger partial charge < -0.3 is 0 Å². The van der Waals surface area contributed by atoms with Crippen molar-refractivity contribution in [2.45, 2.75) is 0 Å².